The van der Waals surface area contributed by atoms with Gasteiger partial charge in [0.2, 0.25) is 0 Å². The number of allylic oxidation sites excluding steroid dienone is 16. The molecule has 1 atom stereocenters. The summed E-state index contributed by atoms with van der Waals surface area (Å²) in [6.45, 7) is 6.29. The molecule has 340 valence electrons. The van der Waals surface area contributed by atoms with E-state index in [2.05, 4.69) is 81.5 Å². The van der Waals surface area contributed by atoms with E-state index in [9.17, 15) is 14.4 Å². The summed E-state index contributed by atoms with van der Waals surface area (Å²) in [6.07, 6.45) is 62.5. The Hall–Kier alpha value is -3.67. The zero-order chi connectivity index (χ0) is 43.7. The Balaban J connectivity index is 4.46. The second-order valence-corrected chi connectivity index (χ2v) is 15.7. The van der Waals surface area contributed by atoms with Crippen molar-refractivity contribution in [1.29, 1.82) is 0 Å². The molecular weight excluding hydrogens is 745 g/mol. The predicted octanol–water partition coefficient (Wildman–Crippen LogP) is 15.8. The Bertz CT molecular complexity index is 1230. The summed E-state index contributed by atoms with van der Waals surface area (Å²) in [6, 6.07) is 0. The molecule has 0 N–H and O–H groups in total. The van der Waals surface area contributed by atoms with Crippen LogP contribution in [-0.4, -0.2) is 37.2 Å². The van der Waals surface area contributed by atoms with Crippen molar-refractivity contribution >= 4 is 17.9 Å². The lowest BCUT2D eigenvalue weighted by molar-refractivity contribution is -0.167. The first-order chi connectivity index (χ1) is 29.5. The average Bonchev–Trinajstić information content (AvgIpc) is 3.24. The Morgan fingerprint density at radius 1 is 0.367 bits per heavy atom. The van der Waals surface area contributed by atoms with Crippen molar-refractivity contribution < 1.29 is 28.6 Å². The van der Waals surface area contributed by atoms with E-state index in [-0.39, 0.29) is 37.5 Å². The monoisotopic (exact) mass is 833 g/mol. The Labute approximate surface area is 368 Å². The predicted molar refractivity (Wildman–Crippen MR) is 256 cm³/mol. The largest absolute Gasteiger partial charge is 0.462 e. The van der Waals surface area contributed by atoms with Gasteiger partial charge in [-0.1, -0.05) is 189 Å². The highest BCUT2D eigenvalue weighted by molar-refractivity contribution is 5.71. The molecule has 0 aromatic rings. The number of unbranched alkanes of at least 4 members (excludes halogenated alkanes) is 18. The van der Waals surface area contributed by atoms with Crippen LogP contribution in [0.1, 0.15) is 207 Å². The van der Waals surface area contributed by atoms with Gasteiger partial charge in [0.05, 0.1) is 0 Å². The first kappa shape index (κ1) is 56.3. The fraction of sp³-hybridized carbons (Fsp3) is 0.648. The van der Waals surface area contributed by atoms with Gasteiger partial charge in [-0.15, -0.1) is 0 Å². The minimum Gasteiger partial charge on any atom is -0.462 e. The highest BCUT2D eigenvalue weighted by atomic mass is 16.6. The fourth-order valence-electron chi connectivity index (χ4n) is 6.28. The van der Waals surface area contributed by atoms with Crippen molar-refractivity contribution in [1.82, 2.24) is 0 Å². The number of carbonyl (C=O) groups excluding carboxylic acids is 3. The Morgan fingerprint density at radius 2 is 0.733 bits per heavy atom. The first-order valence-electron chi connectivity index (χ1n) is 24.3. The standard InChI is InChI=1S/C54H88O6/c1-4-7-10-13-16-19-22-25-26-27-28-30-32-35-38-41-44-47-53(56)59-50-51(49-58-52(55)46-43-40-37-34-31-24-21-18-15-12-9-6-3)60-54(57)48-45-42-39-36-33-29-23-20-17-14-11-8-5-2/h8-9,11-12,14,16-21,23,25-26,29,33,51H,4-7,10,13,15,22,24,27-28,30-32,34-50H2,1-3H3/b11-8-,12-9-,17-14-,19-16-,21-18-,23-20-,26-25-,33-29-. The smallest absolute Gasteiger partial charge is 0.306 e. The molecule has 0 radical (unpaired) electrons. The van der Waals surface area contributed by atoms with Gasteiger partial charge in [0.15, 0.2) is 6.10 Å². The molecule has 0 saturated heterocycles. The highest BCUT2D eigenvalue weighted by Gasteiger charge is 2.19. The maximum Gasteiger partial charge on any atom is 0.306 e. The summed E-state index contributed by atoms with van der Waals surface area (Å²) in [5.74, 6) is -0.973. The fourth-order valence-corrected chi connectivity index (χ4v) is 6.28. The lowest BCUT2D eigenvalue weighted by atomic mass is 10.1. The van der Waals surface area contributed by atoms with E-state index in [1.165, 1.54) is 51.4 Å². The van der Waals surface area contributed by atoms with E-state index in [0.717, 1.165) is 109 Å². The molecule has 0 aliphatic rings. The van der Waals surface area contributed by atoms with Gasteiger partial charge in [-0.3, -0.25) is 14.4 Å². The van der Waals surface area contributed by atoms with Crippen LogP contribution in [0, 0.1) is 0 Å². The molecule has 0 aliphatic heterocycles. The molecule has 6 heteroatoms. The van der Waals surface area contributed by atoms with E-state index in [4.69, 9.17) is 14.2 Å². The molecule has 0 saturated carbocycles. The summed E-state index contributed by atoms with van der Waals surface area (Å²) in [4.78, 5) is 37.9. The summed E-state index contributed by atoms with van der Waals surface area (Å²) in [7, 11) is 0. The molecule has 1 unspecified atom stereocenters. The topological polar surface area (TPSA) is 78.9 Å². The van der Waals surface area contributed by atoms with Crippen LogP contribution in [0.4, 0.5) is 0 Å². The molecule has 0 aromatic heterocycles. The van der Waals surface area contributed by atoms with Gasteiger partial charge in [-0.2, -0.15) is 0 Å². The van der Waals surface area contributed by atoms with E-state index >= 15 is 0 Å². The highest BCUT2D eigenvalue weighted by Crippen LogP contribution is 2.13. The molecule has 0 bridgehead atoms. The van der Waals surface area contributed by atoms with Crippen molar-refractivity contribution in [3.8, 4) is 0 Å². The summed E-state index contributed by atoms with van der Waals surface area (Å²) < 4.78 is 16.7. The maximum atomic E-state index is 12.7. The molecule has 60 heavy (non-hydrogen) atoms. The number of rotatable bonds is 42. The van der Waals surface area contributed by atoms with Crippen LogP contribution in [0.15, 0.2) is 97.2 Å². The molecule has 0 aliphatic carbocycles. The van der Waals surface area contributed by atoms with Crippen molar-refractivity contribution in [2.24, 2.45) is 0 Å². The molecular formula is C54H88O6. The summed E-state index contributed by atoms with van der Waals surface area (Å²) >= 11 is 0. The first-order valence-corrected chi connectivity index (χ1v) is 24.3. The van der Waals surface area contributed by atoms with Crippen molar-refractivity contribution in [3.05, 3.63) is 97.2 Å². The molecule has 0 fully saturated rings. The van der Waals surface area contributed by atoms with Crippen molar-refractivity contribution in [3.63, 3.8) is 0 Å². The van der Waals surface area contributed by atoms with E-state index < -0.39 is 6.10 Å². The van der Waals surface area contributed by atoms with E-state index in [1.807, 2.05) is 36.5 Å². The maximum absolute atomic E-state index is 12.7. The third-order valence-corrected chi connectivity index (χ3v) is 9.90. The van der Waals surface area contributed by atoms with Gasteiger partial charge >= 0.3 is 17.9 Å². The van der Waals surface area contributed by atoms with Crippen LogP contribution in [0.2, 0.25) is 0 Å². The van der Waals surface area contributed by atoms with E-state index in [0.29, 0.717) is 19.3 Å². The second-order valence-electron chi connectivity index (χ2n) is 15.7. The number of esters is 3. The average molecular weight is 833 g/mol. The van der Waals surface area contributed by atoms with Gasteiger partial charge in [0.25, 0.3) is 0 Å². The van der Waals surface area contributed by atoms with Gasteiger partial charge in [-0.05, 0) is 96.3 Å². The number of ether oxygens (including phenoxy) is 3. The number of hydrogen-bond acceptors (Lipinski definition) is 6. The molecule has 0 spiro atoms. The molecule has 0 aromatic carbocycles. The van der Waals surface area contributed by atoms with E-state index in [1.54, 1.807) is 0 Å². The van der Waals surface area contributed by atoms with Crippen LogP contribution in [0.25, 0.3) is 0 Å². The Kier molecular flexibility index (Phi) is 45.1. The third-order valence-electron chi connectivity index (χ3n) is 9.90. The van der Waals surface area contributed by atoms with Gasteiger partial charge in [0, 0.05) is 19.3 Å². The minimum atomic E-state index is -0.806. The molecule has 0 amide bonds. The SMILES string of the molecule is CC\C=C/C=C\C=C/C=C\CCCCCC(=O)OC(COC(=O)CCCCCCC/C=C\C/C=C\CC)COC(=O)CCCCCCCCC/C=C\C/C=C\CCCCC. The Morgan fingerprint density at radius 3 is 1.22 bits per heavy atom. The minimum absolute atomic E-state index is 0.104. The van der Waals surface area contributed by atoms with Crippen LogP contribution in [0.3, 0.4) is 0 Å². The molecule has 0 heterocycles. The molecule has 6 nitrogen and oxygen atoms in total. The third kappa shape index (κ3) is 45.4. The lowest BCUT2D eigenvalue weighted by Gasteiger charge is -2.18. The zero-order valence-electron chi connectivity index (χ0n) is 38.7. The second kappa shape index (κ2) is 48.0. The van der Waals surface area contributed by atoms with Gasteiger partial charge < -0.3 is 14.2 Å². The number of hydrogen-bond donors (Lipinski definition) is 0. The zero-order valence-corrected chi connectivity index (χ0v) is 38.7. The number of carbonyl (C=O) groups is 3. The lowest BCUT2D eigenvalue weighted by Crippen LogP contribution is -2.30. The summed E-state index contributed by atoms with van der Waals surface area (Å²) in [5, 5.41) is 0. The van der Waals surface area contributed by atoms with Gasteiger partial charge in [0.1, 0.15) is 13.2 Å². The van der Waals surface area contributed by atoms with Gasteiger partial charge in [-0.25, -0.2) is 0 Å². The van der Waals surface area contributed by atoms with Crippen LogP contribution < -0.4 is 0 Å². The van der Waals surface area contributed by atoms with Crippen molar-refractivity contribution in [2.75, 3.05) is 13.2 Å². The normalized spacial score (nSPS) is 12.9. The molecule has 0 rings (SSSR count). The quantitative estimate of drug-likeness (QED) is 0.0200. The van der Waals surface area contributed by atoms with Crippen molar-refractivity contribution in [2.45, 2.75) is 213 Å². The van der Waals surface area contributed by atoms with Crippen LogP contribution >= 0.6 is 0 Å². The summed E-state index contributed by atoms with van der Waals surface area (Å²) in [5.41, 5.74) is 0. The van der Waals surface area contributed by atoms with Crippen LogP contribution in [-0.2, 0) is 28.6 Å². The van der Waals surface area contributed by atoms with Crippen LogP contribution in [0.5, 0.6) is 0 Å².